The van der Waals surface area contributed by atoms with E-state index in [1.807, 2.05) is 36.4 Å². The Morgan fingerprint density at radius 2 is 2.00 bits per heavy atom. The van der Waals surface area contributed by atoms with E-state index in [0.717, 1.165) is 10.5 Å². The normalized spacial score (nSPS) is 10.5. The van der Waals surface area contributed by atoms with E-state index in [-0.39, 0.29) is 13.2 Å². The number of allylic oxidation sites excluding steroid dienone is 1. The minimum absolute atomic E-state index is 0.172. The van der Waals surface area contributed by atoms with Crippen molar-refractivity contribution in [1.82, 2.24) is 4.90 Å². The molecule has 0 aliphatic carbocycles. The van der Waals surface area contributed by atoms with Gasteiger partial charge in [-0.1, -0.05) is 30.3 Å². The fraction of sp³-hybridized carbons (Fsp3) is 0.312. The lowest BCUT2D eigenvalue weighted by atomic mass is 10.1. The number of benzene rings is 1. The van der Waals surface area contributed by atoms with Crippen molar-refractivity contribution in [2.24, 2.45) is 0 Å². The maximum atomic E-state index is 11.8. The second-order valence-electron chi connectivity index (χ2n) is 4.33. The van der Waals surface area contributed by atoms with Gasteiger partial charge < -0.3 is 9.47 Å². The van der Waals surface area contributed by atoms with Gasteiger partial charge in [0.25, 0.3) is 0 Å². The number of nitrogens with zero attached hydrogens (tertiary/aromatic N) is 2. The van der Waals surface area contributed by atoms with Gasteiger partial charge in [0.2, 0.25) is 0 Å². The SMILES string of the molecule is CCOC(=O)N(/C=C(/C#N)Cc1ccccc1)CC(=O)OC. The molecule has 0 atom stereocenters. The second-order valence-corrected chi connectivity index (χ2v) is 4.33. The van der Waals surface area contributed by atoms with Gasteiger partial charge in [0.1, 0.15) is 6.54 Å². The van der Waals surface area contributed by atoms with Crippen LogP contribution in [0.25, 0.3) is 0 Å². The van der Waals surface area contributed by atoms with E-state index in [2.05, 4.69) is 4.74 Å². The van der Waals surface area contributed by atoms with E-state index < -0.39 is 12.1 Å². The van der Waals surface area contributed by atoms with Crippen molar-refractivity contribution in [2.45, 2.75) is 13.3 Å². The summed E-state index contributed by atoms with van der Waals surface area (Å²) in [5.74, 6) is -0.596. The predicted octanol–water partition coefficient (Wildman–Crippen LogP) is 2.27. The Bertz CT molecular complexity index is 576. The topological polar surface area (TPSA) is 79.6 Å². The molecule has 0 aliphatic rings. The lowest BCUT2D eigenvalue weighted by Gasteiger charge is -2.17. The van der Waals surface area contributed by atoms with Crippen molar-refractivity contribution in [3.63, 3.8) is 0 Å². The van der Waals surface area contributed by atoms with Crippen LogP contribution in [0.4, 0.5) is 4.79 Å². The summed E-state index contributed by atoms with van der Waals surface area (Å²) in [5, 5.41) is 9.23. The molecule has 1 aromatic rings. The Hall–Kier alpha value is -2.81. The number of hydrogen-bond acceptors (Lipinski definition) is 5. The van der Waals surface area contributed by atoms with Gasteiger partial charge in [0, 0.05) is 12.6 Å². The highest BCUT2D eigenvalue weighted by Gasteiger charge is 2.17. The van der Waals surface area contributed by atoms with Crippen LogP contribution in [0.1, 0.15) is 12.5 Å². The van der Waals surface area contributed by atoms with E-state index in [4.69, 9.17) is 4.74 Å². The third-order valence-electron chi connectivity index (χ3n) is 2.72. The van der Waals surface area contributed by atoms with Crippen molar-refractivity contribution in [3.05, 3.63) is 47.7 Å². The first-order chi connectivity index (χ1) is 10.6. The van der Waals surface area contributed by atoms with Crippen LogP contribution in [-0.4, -0.2) is 37.2 Å². The second kappa shape index (κ2) is 9.19. The van der Waals surface area contributed by atoms with Crippen LogP contribution >= 0.6 is 0 Å². The Morgan fingerprint density at radius 3 is 2.55 bits per heavy atom. The Morgan fingerprint density at radius 1 is 1.32 bits per heavy atom. The average Bonchev–Trinajstić information content (AvgIpc) is 2.54. The van der Waals surface area contributed by atoms with Gasteiger partial charge in [-0.05, 0) is 12.5 Å². The fourth-order valence-corrected chi connectivity index (χ4v) is 1.69. The smallest absolute Gasteiger partial charge is 0.414 e. The van der Waals surface area contributed by atoms with Crippen LogP contribution < -0.4 is 0 Å². The minimum atomic E-state index is -0.700. The molecule has 0 fully saturated rings. The summed E-state index contributed by atoms with van der Waals surface area (Å²) in [4.78, 5) is 24.3. The first-order valence-electron chi connectivity index (χ1n) is 6.75. The average molecular weight is 302 g/mol. The molecule has 1 aromatic carbocycles. The highest BCUT2D eigenvalue weighted by molar-refractivity contribution is 5.78. The van der Waals surface area contributed by atoms with Gasteiger partial charge in [0.15, 0.2) is 0 Å². The lowest BCUT2D eigenvalue weighted by Crippen LogP contribution is -2.32. The van der Waals surface area contributed by atoms with Crippen LogP contribution in [0.15, 0.2) is 42.1 Å². The first kappa shape index (κ1) is 17.2. The molecule has 0 heterocycles. The number of hydrogen-bond donors (Lipinski definition) is 0. The van der Waals surface area contributed by atoms with Crippen molar-refractivity contribution >= 4 is 12.1 Å². The number of rotatable bonds is 6. The molecule has 0 unspecified atom stereocenters. The fourth-order valence-electron chi connectivity index (χ4n) is 1.69. The van der Waals surface area contributed by atoms with E-state index in [1.165, 1.54) is 13.3 Å². The van der Waals surface area contributed by atoms with E-state index in [9.17, 15) is 14.9 Å². The van der Waals surface area contributed by atoms with Crippen LogP contribution in [0, 0.1) is 11.3 Å². The quantitative estimate of drug-likeness (QED) is 0.595. The summed E-state index contributed by atoms with van der Waals surface area (Å²) in [6.45, 7) is 1.52. The number of carbonyl (C=O) groups excluding carboxylic acids is 2. The lowest BCUT2D eigenvalue weighted by molar-refractivity contribution is -0.141. The van der Waals surface area contributed by atoms with Gasteiger partial charge in [-0.3, -0.25) is 9.69 Å². The molecule has 0 saturated heterocycles. The Balaban J connectivity index is 2.93. The van der Waals surface area contributed by atoms with Crippen LogP contribution in [-0.2, 0) is 20.7 Å². The summed E-state index contributed by atoms with van der Waals surface area (Å²) in [7, 11) is 1.23. The first-order valence-corrected chi connectivity index (χ1v) is 6.75. The van der Waals surface area contributed by atoms with E-state index >= 15 is 0 Å². The number of carbonyl (C=O) groups is 2. The number of esters is 1. The summed E-state index contributed by atoms with van der Waals surface area (Å²) in [6.07, 6.45) is 0.977. The van der Waals surface area contributed by atoms with Gasteiger partial charge in [-0.25, -0.2) is 4.79 Å². The largest absolute Gasteiger partial charge is 0.468 e. The molecule has 0 bridgehead atoms. The Labute approximate surface area is 129 Å². The van der Waals surface area contributed by atoms with Gasteiger partial charge in [0.05, 0.1) is 25.4 Å². The molecule has 0 spiro atoms. The zero-order chi connectivity index (χ0) is 16.4. The monoisotopic (exact) mass is 302 g/mol. The molecule has 6 heteroatoms. The predicted molar refractivity (Wildman–Crippen MR) is 79.6 cm³/mol. The molecule has 0 saturated carbocycles. The molecule has 6 nitrogen and oxygen atoms in total. The summed E-state index contributed by atoms with van der Waals surface area (Å²) >= 11 is 0. The minimum Gasteiger partial charge on any atom is -0.468 e. The summed E-state index contributed by atoms with van der Waals surface area (Å²) in [5.41, 5.74) is 1.26. The Kier molecular flexibility index (Phi) is 7.20. The molecule has 22 heavy (non-hydrogen) atoms. The van der Waals surface area contributed by atoms with E-state index in [1.54, 1.807) is 6.92 Å². The van der Waals surface area contributed by atoms with Gasteiger partial charge >= 0.3 is 12.1 Å². The zero-order valence-corrected chi connectivity index (χ0v) is 12.6. The van der Waals surface area contributed by atoms with Crippen molar-refractivity contribution < 1.29 is 19.1 Å². The molecular weight excluding hydrogens is 284 g/mol. The molecule has 116 valence electrons. The third kappa shape index (κ3) is 5.67. The molecule has 1 amide bonds. The van der Waals surface area contributed by atoms with Gasteiger partial charge in [-0.2, -0.15) is 5.26 Å². The highest BCUT2D eigenvalue weighted by atomic mass is 16.6. The van der Waals surface area contributed by atoms with Crippen molar-refractivity contribution in [1.29, 1.82) is 5.26 Å². The molecule has 1 rings (SSSR count). The zero-order valence-electron chi connectivity index (χ0n) is 12.6. The summed E-state index contributed by atoms with van der Waals surface area (Å²) in [6, 6.07) is 11.4. The molecule has 0 N–H and O–H groups in total. The third-order valence-corrected chi connectivity index (χ3v) is 2.72. The van der Waals surface area contributed by atoms with Gasteiger partial charge in [-0.15, -0.1) is 0 Å². The maximum absolute atomic E-state index is 11.8. The van der Waals surface area contributed by atoms with Crippen molar-refractivity contribution in [3.8, 4) is 6.07 Å². The molecule has 0 radical (unpaired) electrons. The van der Waals surface area contributed by atoms with Crippen molar-refractivity contribution in [2.75, 3.05) is 20.3 Å². The standard InChI is InChI=1S/C16H18N2O4/c1-3-22-16(20)18(12-15(19)21-2)11-14(10-17)9-13-7-5-4-6-8-13/h4-8,11H,3,9,12H2,1-2H3/b14-11+. The number of nitriles is 1. The highest BCUT2D eigenvalue weighted by Crippen LogP contribution is 2.09. The molecular formula is C16H18N2O4. The molecule has 0 aromatic heterocycles. The maximum Gasteiger partial charge on any atom is 0.414 e. The van der Waals surface area contributed by atoms with E-state index in [0.29, 0.717) is 12.0 Å². The number of methoxy groups -OCH3 is 1. The number of ether oxygens (including phenoxy) is 2. The van der Waals surface area contributed by atoms with Crippen LogP contribution in [0.2, 0.25) is 0 Å². The number of amides is 1. The van der Waals surface area contributed by atoms with Crippen LogP contribution in [0.3, 0.4) is 0 Å². The van der Waals surface area contributed by atoms with Crippen LogP contribution in [0.5, 0.6) is 0 Å². The molecule has 0 aliphatic heterocycles. The summed E-state index contributed by atoms with van der Waals surface area (Å²) < 4.78 is 9.41.